The van der Waals surface area contributed by atoms with Crippen molar-refractivity contribution in [2.24, 2.45) is 0 Å². The van der Waals surface area contributed by atoms with E-state index in [1.165, 1.54) is 0 Å². The first kappa shape index (κ1) is 21.2. The maximum atomic E-state index is 6.37. The topological polar surface area (TPSA) is 49.8 Å². The summed E-state index contributed by atoms with van der Waals surface area (Å²) in [6.07, 6.45) is 1.05. The van der Waals surface area contributed by atoms with E-state index in [2.05, 4.69) is 35.2 Å². The van der Waals surface area contributed by atoms with Gasteiger partial charge in [-0.1, -0.05) is 54.9 Å². The van der Waals surface area contributed by atoms with Gasteiger partial charge in [0.2, 0.25) is 0 Å². The predicted octanol–water partition coefficient (Wildman–Crippen LogP) is 6.97. The summed E-state index contributed by atoms with van der Waals surface area (Å²) in [4.78, 5) is 9.33. The normalized spacial score (nSPS) is 10.7. The van der Waals surface area contributed by atoms with Gasteiger partial charge in [0.1, 0.15) is 5.82 Å². The van der Waals surface area contributed by atoms with Gasteiger partial charge in [-0.3, -0.25) is 0 Å². The quantitative estimate of drug-likeness (QED) is 0.427. The standard InChI is InChI=1S/C23H24Cl2N4/c1-5-12-26-21-9-7-6-8-18(21)16(4)28-22-14(2)15(3)27-23(29-22)19-11-10-17(24)13-20(19)25/h6-11,13,26H,4-5,12H2,1-3H3,(H,27,28,29). The molecular formula is C23H24Cl2N4. The molecule has 2 N–H and O–H groups in total. The second-order valence-electron chi connectivity index (χ2n) is 6.81. The number of hydrogen-bond acceptors (Lipinski definition) is 4. The fourth-order valence-corrected chi connectivity index (χ4v) is 3.41. The SMILES string of the molecule is C=C(Nc1nc(-c2ccc(Cl)cc2Cl)nc(C)c1C)c1ccccc1NCCC. The summed E-state index contributed by atoms with van der Waals surface area (Å²) in [5, 5.41) is 7.90. The van der Waals surface area contributed by atoms with E-state index in [0.29, 0.717) is 21.7 Å². The van der Waals surface area contributed by atoms with Gasteiger partial charge >= 0.3 is 0 Å². The van der Waals surface area contributed by atoms with Crippen LogP contribution in [0.3, 0.4) is 0 Å². The monoisotopic (exact) mass is 426 g/mol. The van der Waals surface area contributed by atoms with Crippen LogP contribution in [0.5, 0.6) is 0 Å². The van der Waals surface area contributed by atoms with Gasteiger partial charge in [-0.25, -0.2) is 9.97 Å². The minimum atomic E-state index is 0.514. The summed E-state index contributed by atoms with van der Waals surface area (Å²) in [5.74, 6) is 1.25. The number of nitrogens with zero attached hydrogens (tertiary/aromatic N) is 2. The lowest BCUT2D eigenvalue weighted by molar-refractivity contribution is 0.979. The van der Waals surface area contributed by atoms with E-state index in [4.69, 9.17) is 28.2 Å². The van der Waals surface area contributed by atoms with Gasteiger partial charge in [-0.05, 0) is 44.5 Å². The molecule has 0 aliphatic carbocycles. The largest absolute Gasteiger partial charge is 0.385 e. The van der Waals surface area contributed by atoms with E-state index < -0.39 is 0 Å². The fourth-order valence-electron chi connectivity index (χ4n) is 2.91. The zero-order valence-corrected chi connectivity index (χ0v) is 18.3. The van der Waals surface area contributed by atoms with Gasteiger partial charge in [0.15, 0.2) is 5.82 Å². The second-order valence-corrected chi connectivity index (χ2v) is 7.65. The lowest BCUT2D eigenvalue weighted by Gasteiger charge is -2.17. The molecule has 2 aromatic carbocycles. The Morgan fingerprint density at radius 1 is 1.07 bits per heavy atom. The number of hydrogen-bond donors (Lipinski definition) is 2. The molecule has 0 saturated carbocycles. The highest BCUT2D eigenvalue weighted by molar-refractivity contribution is 6.36. The number of para-hydroxylation sites is 1. The Bertz CT molecular complexity index is 1050. The number of anilines is 2. The van der Waals surface area contributed by atoms with Crippen LogP contribution in [0.4, 0.5) is 11.5 Å². The van der Waals surface area contributed by atoms with Gasteiger partial charge < -0.3 is 10.6 Å². The van der Waals surface area contributed by atoms with Crippen LogP contribution in [0.2, 0.25) is 10.0 Å². The maximum absolute atomic E-state index is 6.37. The molecule has 29 heavy (non-hydrogen) atoms. The minimum absolute atomic E-state index is 0.514. The van der Waals surface area contributed by atoms with E-state index in [1.54, 1.807) is 12.1 Å². The smallest absolute Gasteiger partial charge is 0.163 e. The molecule has 0 unspecified atom stereocenters. The summed E-state index contributed by atoms with van der Waals surface area (Å²) in [5.41, 5.74) is 5.36. The van der Waals surface area contributed by atoms with Gasteiger partial charge in [-0.15, -0.1) is 0 Å². The molecule has 3 rings (SSSR count). The molecule has 0 aliphatic rings. The molecule has 0 bridgehead atoms. The molecule has 3 aromatic rings. The number of halogens is 2. The molecule has 1 heterocycles. The van der Waals surface area contributed by atoms with Crippen molar-refractivity contribution in [2.75, 3.05) is 17.2 Å². The van der Waals surface area contributed by atoms with Crippen LogP contribution >= 0.6 is 23.2 Å². The number of benzene rings is 2. The Morgan fingerprint density at radius 2 is 1.83 bits per heavy atom. The molecule has 0 fully saturated rings. The van der Waals surface area contributed by atoms with Crippen LogP contribution in [0.25, 0.3) is 17.1 Å². The average molecular weight is 427 g/mol. The van der Waals surface area contributed by atoms with Crippen LogP contribution < -0.4 is 10.6 Å². The number of rotatable bonds is 7. The molecule has 0 saturated heterocycles. The van der Waals surface area contributed by atoms with Crippen molar-refractivity contribution in [3.63, 3.8) is 0 Å². The third-order valence-corrected chi connectivity index (χ3v) is 5.20. The highest BCUT2D eigenvalue weighted by atomic mass is 35.5. The molecule has 0 spiro atoms. The van der Waals surface area contributed by atoms with Crippen molar-refractivity contribution in [3.05, 3.63) is 75.9 Å². The Kier molecular flexibility index (Phi) is 6.78. The molecule has 1 aromatic heterocycles. The zero-order valence-electron chi connectivity index (χ0n) is 16.8. The number of nitrogens with one attached hydrogen (secondary N) is 2. The summed E-state index contributed by atoms with van der Waals surface area (Å²) in [6, 6.07) is 13.4. The van der Waals surface area contributed by atoms with Crippen LogP contribution in [-0.4, -0.2) is 16.5 Å². The molecule has 0 aliphatic heterocycles. The van der Waals surface area contributed by atoms with Crippen molar-refractivity contribution >= 4 is 40.4 Å². The molecule has 6 heteroatoms. The summed E-state index contributed by atoms with van der Waals surface area (Å²) < 4.78 is 0. The first-order chi connectivity index (χ1) is 13.9. The van der Waals surface area contributed by atoms with Gasteiger partial charge in [0.25, 0.3) is 0 Å². The molecule has 0 atom stereocenters. The van der Waals surface area contributed by atoms with Gasteiger partial charge in [-0.2, -0.15) is 0 Å². The molecule has 4 nitrogen and oxygen atoms in total. The summed E-state index contributed by atoms with van der Waals surface area (Å²) in [7, 11) is 0. The average Bonchev–Trinajstić information content (AvgIpc) is 2.70. The van der Waals surface area contributed by atoms with Crippen LogP contribution in [0, 0.1) is 13.8 Å². The fraction of sp³-hybridized carbons (Fsp3) is 0.217. The van der Waals surface area contributed by atoms with Crippen molar-refractivity contribution in [1.82, 2.24) is 9.97 Å². The van der Waals surface area contributed by atoms with Crippen LogP contribution in [-0.2, 0) is 0 Å². The van der Waals surface area contributed by atoms with E-state index in [9.17, 15) is 0 Å². The highest BCUT2D eigenvalue weighted by Gasteiger charge is 2.14. The van der Waals surface area contributed by atoms with E-state index in [1.807, 2.05) is 38.1 Å². The Morgan fingerprint density at radius 3 is 2.55 bits per heavy atom. The lowest BCUT2D eigenvalue weighted by Crippen LogP contribution is -2.08. The molecular weight excluding hydrogens is 403 g/mol. The lowest BCUT2D eigenvalue weighted by atomic mass is 10.1. The zero-order chi connectivity index (χ0) is 21.0. The predicted molar refractivity (Wildman–Crippen MR) is 125 cm³/mol. The Balaban J connectivity index is 1.95. The van der Waals surface area contributed by atoms with Crippen molar-refractivity contribution < 1.29 is 0 Å². The molecule has 150 valence electrons. The van der Waals surface area contributed by atoms with Crippen LogP contribution in [0.1, 0.15) is 30.2 Å². The highest BCUT2D eigenvalue weighted by Crippen LogP contribution is 2.31. The number of aryl methyl sites for hydroxylation is 1. The van der Waals surface area contributed by atoms with E-state index in [-0.39, 0.29) is 0 Å². The third kappa shape index (κ3) is 4.89. The molecule has 0 radical (unpaired) electrons. The van der Waals surface area contributed by atoms with Crippen molar-refractivity contribution in [3.8, 4) is 11.4 Å². The second kappa shape index (κ2) is 9.29. The van der Waals surface area contributed by atoms with E-state index >= 15 is 0 Å². The third-order valence-electron chi connectivity index (χ3n) is 4.65. The first-order valence-corrected chi connectivity index (χ1v) is 10.3. The van der Waals surface area contributed by atoms with Crippen molar-refractivity contribution in [2.45, 2.75) is 27.2 Å². The minimum Gasteiger partial charge on any atom is -0.385 e. The van der Waals surface area contributed by atoms with E-state index in [0.717, 1.165) is 46.7 Å². The Labute approximate surface area is 182 Å². The van der Waals surface area contributed by atoms with Crippen molar-refractivity contribution in [1.29, 1.82) is 0 Å². The van der Waals surface area contributed by atoms with Gasteiger partial charge in [0, 0.05) is 45.3 Å². The Hall–Kier alpha value is -2.56. The maximum Gasteiger partial charge on any atom is 0.163 e. The van der Waals surface area contributed by atoms with Gasteiger partial charge in [0.05, 0.1) is 5.02 Å². The number of aromatic nitrogens is 2. The summed E-state index contributed by atoms with van der Waals surface area (Å²) >= 11 is 12.4. The van der Waals surface area contributed by atoms with Crippen LogP contribution in [0.15, 0.2) is 49.0 Å². The first-order valence-electron chi connectivity index (χ1n) is 9.50. The summed E-state index contributed by atoms with van der Waals surface area (Å²) in [6.45, 7) is 11.2. The molecule has 0 amide bonds.